The summed E-state index contributed by atoms with van der Waals surface area (Å²) >= 11 is 0. The second kappa shape index (κ2) is 4.95. The van der Waals surface area contributed by atoms with Gasteiger partial charge in [0.25, 0.3) is 10.1 Å². The van der Waals surface area contributed by atoms with Gasteiger partial charge < -0.3 is 10.2 Å². The zero-order chi connectivity index (χ0) is 14.9. The Morgan fingerprint density at radius 2 is 1.65 bits per heavy atom. The molecule has 2 rings (SSSR count). The number of aromatic carboxylic acids is 1. The fourth-order valence-electron chi connectivity index (χ4n) is 1.76. The summed E-state index contributed by atoms with van der Waals surface area (Å²) in [6, 6.07) is 9.89. The number of phenols is 1. The summed E-state index contributed by atoms with van der Waals surface area (Å²) < 4.78 is 31.4. The number of carboxylic acid groups (broad SMARTS) is 1. The Labute approximate surface area is 114 Å². The van der Waals surface area contributed by atoms with Crippen LogP contribution in [-0.4, -0.2) is 29.2 Å². The number of benzene rings is 2. The molecule has 20 heavy (non-hydrogen) atoms. The molecule has 0 saturated carbocycles. The van der Waals surface area contributed by atoms with Gasteiger partial charge in [0.1, 0.15) is 11.3 Å². The summed E-state index contributed by atoms with van der Waals surface area (Å²) in [5.74, 6) is -2.05. The SMILES string of the molecule is O=C(O)c1cc(S(=O)(=O)O)cc(-c2ccccc2)c1O. The monoisotopic (exact) mass is 294 g/mol. The lowest BCUT2D eigenvalue weighted by Crippen LogP contribution is -2.04. The van der Waals surface area contributed by atoms with Crippen LogP contribution in [0.4, 0.5) is 0 Å². The fourth-order valence-corrected chi connectivity index (χ4v) is 2.29. The Kier molecular flexibility index (Phi) is 3.47. The van der Waals surface area contributed by atoms with Gasteiger partial charge in [-0.15, -0.1) is 0 Å². The number of carboxylic acids is 1. The summed E-state index contributed by atoms with van der Waals surface area (Å²) in [7, 11) is -4.58. The normalized spacial score (nSPS) is 11.2. The van der Waals surface area contributed by atoms with Crippen LogP contribution < -0.4 is 0 Å². The first-order chi connectivity index (χ1) is 9.30. The molecule has 0 bridgehead atoms. The largest absolute Gasteiger partial charge is 0.506 e. The van der Waals surface area contributed by atoms with Crippen LogP contribution in [0, 0.1) is 0 Å². The summed E-state index contributed by atoms with van der Waals surface area (Å²) in [6.07, 6.45) is 0. The van der Waals surface area contributed by atoms with E-state index in [0.717, 1.165) is 6.07 Å². The first-order valence-corrected chi connectivity index (χ1v) is 6.88. The smallest absolute Gasteiger partial charge is 0.339 e. The third-order valence-electron chi connectivity index (χ3n) is 2.70. The lowest BCUT2D eigenvalue weighted by atomic mass is 10.0. The summed E-state index contributed by atoms with van der Waals surface area (Å²) in [6.45, 7) is 0. The van der Waals surface area contributed by atoms with E-state index in [1.807, 2.05) is 0 Å². The molecule has 104 valence electrons. The van der Waals surface area contributed by atoms with Crippen molar-refractivity contribution in [3.63, 3.8) is 0 Å². The van der Waals surface area contributed by atoms with E-state index in [2.05, 4.69) is 0 Å². The minimum absolute atomic E-state index is 0.0122. The van der Waals surface area contributed by atoms with Gasteiger partial charge in [-0.3, -0.25) is 4.55 Å². The van der Waals surface area contributed by atoms with Gasteiger partial charge >= 0.3 is 5.97 Å². The van der Waals surface area contributed by atoms with Gasteiger partial charge in [0.05, 0.1) is 4.90 Å². The van der Waals surface area contributed by atoms with E-state index in [4.69, 9.17) is 9.66 Å². The van der Waals surface area contributed by atoms with E-state index in [1.165, 1.54) is 0 Å². The minimum atomic E-state index is -4.58. The second-order valence-electron chi connectivity index (χ2n) is 4.01. The lowest BCUT2D eigenvalue weighted by Gasteiger charge is -2.09. The van der Waals surface area contributed by atoms with Crippen LogP contribution in [0.15, 0.2) is 47.4 Å². The first-order valence-electron chi connectivity index (χ1n) is 5.44. The Morgan fingerprint density at radius 1 is 1.05 bits per heavy atom. The molecule has 3 N–H and O–H groups in total. The molecule has 6 nitrogen and oxygen atoms in total. The van der Waals surface area contributed by atoms with Crippen molar-refractivity contribution in [2.24, 2.45) is 0 Å². The van der Waals surface area contributed by atoms with Crippen molar-refractivity contribution in [1.29, 1.82) is 0 Å². The molecule has 0 heterocycles. The number of hydrogen-bond acceptors (Lipinski definition) is 4. The van der Waals surface area contributed by atoms with Crippen LogP contribution in [0.2, 0.25) is 0 Å². The molecule has 0 aliphatic heterocycles. The summed E-state index contributed by atoms with van der Waals surface area (Å²) in [5.41, 5.74) is -0.157. The molecule has 7 heteroatoms. The van der Waals surface area contributed by atoms with Crippen LogP contribution >= 0.6 is 0 Å². The maximum Gasteiger partial charge on any atom is 0.339 e. The highest BCUT2D eigenvalue weighted by Crippen LogP contribution is 2.34. The second-order valence-corrected chi connectivity index (χ2v) is 5.43. The molecule has 0 atom stereocenters. The standard InChI is InChI=1S/C13H10O6S/c14-12-10(8-4-2-1-3-5-8)6-9(20(17,18)19)7-11(12)13(15)16/h1-7,14H,(H,15,16)(H,17,18,19). The number of carbonyl (C=O) groups is 1. The summed E-state index contributed by atoms with van der Waals surface area (Å²) in [4.78, 5) is 10.5. The van der Waals surface area contributed by atoms with Crippen LogP contribution in [-0.2, 0) is 10.1 Å². The van der Waals surface area contributed by atoms with E-state index in [-0.39, 0.29) is 5.56 Å². The molecule has 0 aliphatic carbocycles. The average molecular weight is 294 g/mol. The lowest BCUT2D eigenvalue weighted by molar-refractivity contribution is 0.0693. The third-order valence-corrected chi connectivity index (χ3v) is 3.53. The van der Waals surface area contributed by atoms with Gasteiger partial charge in [0, 0.05) is 5.56 Å². The number of rotatable bonds is 3. The fraction of sp³-hybridized carbons (Fsp3) is 0. The van der Waals surface area contributed by atoms with Crippen LogP contribution in [0.1, 0.15) is 10.4 Å². The minimum Gasteiger partial charge on any atom is -0.506 e. The van der Waals surface area contributed by atoms with Gasteiger partial charge in [-0.25, -0.2) is 4.79 Å². The Balaban J connectivity index is 2.81. The molecule has 2 aromatic carbocycles. The predicted octanol–water partition coefficient (Wildman–Crippen LogP) is 2.00. The van der Waals surface area contributed by atoms with E-state index < -0.39 is 32.3 Å². The molecule has 0 amide bonds. The van der Waals surface area contributed by atoms with Gasteiger partial charge in [-0.05, 0) is 17.7 Å². The molecule has 0 aliphatic rings. The molecule has 0 radical (unpaired) electrons. The molecule has 2 aromatic rings. The number of hydrogen-bond donors (Lipinski definition) is 3. The van der Waals surface area contributed by atoms with Crippen molar-refractivity contribution >= 4 is 16.1 Å². The average Bonchev–Trinajstić information content (AvgIpc) is 2.38. The molecular weight excluding hydrogens is 284 g/mol. The van der Waals surface area contributed by atoms with Crippen LogP contribution in [0.25, 0.3) is 11.1 Å². The van der Waals surface area contributed by atoms with Gasteiger partial charge in [0.2, 0.25) is 0 Å². The Morgan fingerprint density at radius 3 is 2.15 bits per heavy atom. The molecule has 0 fully saturated rings. The maximum absolute atomic E-state index is 11.2. The quantitative estimate of drug-likeness (QED) is 0.746. The third kappa shape index (κ3) is 2.63. The van der Waals surface area contributed by atoms with E-state index in [0.29, 0.717) is 11.6 Å². The van der Waals surface area contributed by atoms with Crippen LogP contribution in [0.3, 0.4) is 0 Å². The van der Waals surface area contributed by atoms with Gasteiger partial charge in [0.15, 0.2) is 0 Å². The molecule has 0 spiro atoms. The highest BCUT2D eigenvalue weighted by atomic mass is 32.2. The van der Waals surface area contributed by atoms with Gasteiger partial charge in [-0.1, -0.05) is 30.3 Å². The topological polar surface area (TPSA) is 112 Å². The Bertz CT molecular complexity index is 765. The highest BCUT2D eigenvalue weighted by Gasteiger charge is 2.21. The van der Waals surface area contributed by atoms with Crippen molar-refractivity contribution in [2.45, 2.75) is 4.90 Å². The zero-order valence-corrected chi connectivity index (χ0v) is 10.8. The predicted molar refractivity (Wildman–Crippen MR) is 70.3 cm³/mol. The van der Waals surface area contributed by atoms with Crippen molar-refractivity contribution in [3.05, 3.63) is 48.0 Å². The molecule has 0 aromatic heterocycles. The van der Waals surface area contributed by atoms with Crippen molar-refractivity contribution in [3.8, 4) is 16.9 Å². The van der Waals surface area contributed by atoms with Crippen LogP contribution in [0.5, 0.6) is 5.75 Å². The molecular formula is C13H10O6S. The van der Waals surface area contributed by atoms with Crippen molar-refractivity contribution < 1.29 is 28.0 Å². The molecule has 0 saturated heterocycles. The van der Waals surface area contributed by atoms with Crippen molar-refractivity contribution in [2.75, 3.05) is 0 Å². The highest BCUT2D eigenvalue weighted by molar-refractivity contribution is 7.85. The first kappa shape index (κ1) is 14.0. The molecule has 0 unspecified atom stereocenters. The number of aromatic hydroxyl groups is 1. The van der Waals surface area contributed by atoms with E-state index in [9.17, 15) is 18.3 Å². The maximum atomic E-state index is 11.2. The summed E-state index contributed by atoms with van der Waals surface area (Å²) in [5, 5.41) is 18.9. The Hall–Kier alpha value is -2.38. The van der Waals surface area contributed by atoms with Crippen molar-refractivity contribution in [1.82, 2.24) is 0 Å². The zero-order valence-electron chi connectivity index (χ0n) is 10.0. The van der Waals surface area contributed by atoms with E-state index in [1.54, 1.807) is 30.3 Å². The van der Waals surface area contributed by atoms with Gasteiger partial charge in [-0.2, -0.15) is 8.42 Å². The van der Waals surface area contributed by atoms with E-state index >= 15 is 0 Å².